The summed E-state index contributed by atoms with van der Waals surface area (Å²) in [7, 11) is 0. The van der Waals surface area contributed by atoms with Crippen molar-refractivity contribution in [2.45, 2.75) is 19.5 Å². The fraction of sp³-hybridized carbons (Fsp3) is 0.409. The molecule has 0 N–H and O–H groups in total. The quantitative estimate of drug-likeness (QED) is 0.684. The number of carbonyl (C=O) groups excluding carboxylic acids is 1. The molecule has 0 spiro atoms. The van der Waals surface area contributed by atoms with Crippen LogP contribution in [-0.4, -0.2) is 64.2 Å². The number of fused-ring (bicyclic) bond motifs is 4. The van der Waals surface area contributed by atoms with Gasteiger partial charge in [0.25, 0.3) is 0 Å². The number of pyridine rings is 1. The van der Waals surface area contributed by atoms with Gasteiger partial charge in [0.05, 0.1) is 31.1 Å². The molecule has 2 fully saturated rings. The van der Waals surface area contributed by atoms with Crippen molar-refractivity contribution in [1.82, 2.24) is 19.4 Å². The number of ether oxygens (including phenoxy) is 1. The SMILES string of the molecule is Cc1cc(N2C[C@H]3COC[C@@H]2CN(C(=O)Cn2ccnc2)C3)c2ccccc2n1. The molecular formula is C22H25N5O2. The second-order valence-electron chi connectivity index (χ2n) is 8.04. The molecule has 1 aromatic carbocycles. The minimum atomic E-state index is 0.124. The number of aromatic nitrogens is 3. The lowest BCUT2D eigenvalue weighted by Gasteiger charge is -2.33. The molecular weight excluding hydrogens is 366 g/mol. The zero-order chi connectivity index (χ0) is 19.8. The van der Waals surface area contributed by atoms with Crippen molar-refractivity contribution in [3.63, 3.8) is 0 Å². The van der Waals surface area contributed by atoms with E-state index in [0.717, 1.165) is 29.7 Å². The Labute approximate surface area is 169 Å². The third kappa shape index (κ3) is 3.58. The Balaban J connectivity index is 1.47. The molecule has 4 heterocycles. The van der Waals surface area contributed by atoms with E-state index in [0.29, 0.717) is 26.3 Å². The van der Waals surface area contributed by atoms with E-state index in [4.69, 9.17) is 9.72 Å². The highest BCUT2D eigenvalue weighted by Gasteiger charge is 2.35. The molecule has 0 unspecified atom stereocenters. The number of nitrogens with zero attached hydrogens (tertiary/aromatic N) is 5. The topological polar surface area (TPSA) is 63.5 Å². The largest absolute Gasteiger partial charge is 0.379 e. The second-order valence-corrected chi connectivity index (χ2v) is 8.04. The van der Waals surface area contributed by atoms with Crippen molar-refractivity contribution in [1.29, 1.82) is 0 Å². The van der Waals surface area contributed by atoms with E-state index >= 15 is 0 Å². The number of amides is 1. The van der Waals surface area contributed by atoms with Gasteiger partial charge in [-0.1, -0.05) is 18.2 Å². The summed E-state index contributed by atoms with van der Waals surface area (Å²) in [5, 5.41) is 1.15. The number of para-hydroxylation sites is 1. The minimum Gasteiger partial charge on any atom is -0.379 e. The smallest absolute Gasteiger partial charge is 0.242 e. The van der Waals surface area contributed by atoms with Crippen LogP contribution in [0.2, 0.25) is 0 Å². The van der Waals surface area contributed by atoms with Crippen molar-refractivity contribution in [3.8, 4) is 0 Å². The van der Waals surface area contributed by atoms with E-state index in [1.54, 1.807) is 12.5 Å². The van der Waals surface area contributed by atoms with Gasteiger partial charge in [-0.15, -0.1) is 0 Å². The Bertz CT molecular complexity index is 1020. The highest BCUT2D eigenvalue weighted by Crippen LogP contribution is 2.32. The maximum atomic E-state index is 13.0. The molecule has 0 aliphatic carbocycles. The number of carbonyl (C=O) groups is 1. The second kappa shape index (κ2) is 7.48. The fourth-order valence-corrected chi connectivity index (χ4v) is 4.50. The molecule has 5 rings (SSSR count). The molecule has 1 amide bonds. The van der Waals surface area contributed by atoms with E-state index in [-0.39, 0.29) is 17.9 Å². The first-order valence-corrected chi connectivity index (χ1v) is 10.1. The van der Waals surface area contributed by atoms with Gasteiger partial charge in [0.1, 0.15) is 6.54 Å². The lowest BCUT2D eigenvalue weighted by molar-refractivity contribution is -0.133. The van der Waals surface area contributed by atoms with Gasteiger partial charge in [-0.25, -0.2) is 4.98 Å². The van der Waals surface area contributed by atoms with Gasteiger partial charge < -0.3 is 19.1 Å². The van der Waals surface area contributed by atoms with Gasteiger partial charge in [0.2, 0.25) is 5.91 Å². The molecule has 2 bridgehead atoms. The molecule has 7 heteroatoms. The van der Waals surface area contributed by atoms with Crippen LogP contribution in [0.3, 0.4) is 0 Å². The average molecular weight is 391 g/mol. The van der Waals surface area contributed by atoms with Crippen molar-refractivity contribution < 1.29 is 9.53 Å². The first kappa shape index (κ1) is 18.1. The standard InChI is InChI=1S/C22H25N5O2/c1-16-8-21(19-4-2-3-5-20(19)24-16)27-10-17-9-26(11-18(27)14-29-13-17)22(28)12-25-7-6-23-15-25/h2-8,15,17-18H,9-14H2,1H3/t17-,18-/m0/s1. The molecule has 150 valence electrons. The third-order valence-electron chi connectivity index (χ3n) is 5.83. The molecule has 2 aromatic heterocycles. The lowest BCUT2D eigenvalue weighted by atomic mass is 10.1. The number of hydrogen-bond donors (Lipinski definition) is 0. The molecule has 2 atom stereocenters. The number of rotatable bonds is 3. The highest BCUT2D eigenvalue weighted by molar-refractivity contribution is 5.92. The number of hydrogen-bond acceptors (Lipinski definition) is 5. The lowest BCUT2D eigenvalue weighted by Crippen LogP contribution is -2.46. The number of imidazole rings is 1. The fourth-order valence-electron chi connectivity index (χ4n) is 4.50. The maximum absolute atomic E-state index is 13.0. The summed E-state index contributed by atoms with van der Waals surface area (Å²) in [5.41, 5.74) is 3.21. The van der Waals surface area contributed by atoms with Crippen LogP contribution < -0.4 is 4.90 Å². The summed E-state index contributed by atoms with van der Waals surface area (Å²) in [4.78, 5) is 26.2. The summed E-state index contributed by atoms with van der Waals surface area (Å²) in [6.07, 6.45) is 5.23. The molecule has 0 radical (unpaired) electrons. The van der Waals surface area contributed by atoms with Crippen molar-refractivity contribution in [2.75, 3.05) is 37.7 Å². The molecule has 7 nitrogen and oxygen atoms in total. The first-order chi connectivity index (χ1) is 14.2. The monoisotopic (exact) mass is 391 g/mol. The average Bonchev–Trinajstić information content (AvgIpc) is 3.03. The van der Waals surface area contributed by atoms with Crippen molar-refractivity contribution in [2.24, 2.45) is 5.92 Å². The summed E-state index contributed by atoms with van der Waals surface area (Å²) in [5.74, 6) is 0.416. The van der Waals surface area contributed by atoms with Crippen LogP contribution in [0.15, 0.2) is 49.1 Å². The van der Waals surface area contributed by atoms with Crippen molar-refractivity contribution in [3.05, 3.63) is 54.7 Å². The van der Waals surface area contributed by atoms with Gasteiger partial charge in [-0.05, 0) is 19.1 Å². The normalized spacial score (nSPS) is 22.0. The zero-order valence-corrected chi connectivity index (χ0v) is 16.6. The van der Waals surface area contributed by atoms with Crippen LogP contribution in [0, 0.1) is 12.8 Å². The Morgan fingerprint density at radius 3 is 2.97 bits per heavy atom. The number of anilines is 1. The van der Waals surface area contributed by atoms with E-state index in [1.165, 1.54) is 5.69 Å². The van der Waals surface area contributed by atoms with Crippen LogP contribution in [0.4, 0.5) is 5.69 Å². The van der Waals surface area contributed by atoms with E-state index in [1.807, 2.05) is 28.7 Å². The van der Waals surface area contributed by atoms with Crippen LogP contribution in [0.25, 0.3) is 10.9 Å². The maximum Gasteiger partial charge on any atom is 0.242 e. The predicted octanol–water partition coefficient (Wildman–Crippen LogP) is 2.10. The van der Waals surface area contributed by atoms with Crippen LogP contribution in [0.1, 0.15) is 5.69 Å². The molecule has 0 saturated carbocycles. The van der Waals surface area contributed by atoms with Gasteiger partial charge in [-0.2, -0.15) is 0 Å². The van der Waals surface area contributed by atoms with Gasteiger partial charge in [0, 0.05) is 54.7 Å². The van der Waals surface area contributed by atoms with E-state index < -0.39 is 0 Å². The molecule has 2 saturated heterocycles. The third-order valence-corrected chi connectivity index (χ3v) is 5.83. The predicted molar refractivity (Wildman–Crippen MR) is 111 cm³/mol. The highest BCUT2D eigenvalue weighted by atomic mass is 16.5. The number of aryl methyl sites for hydroxylation is 1. The molecule has 3 aromatic rings. The Kier molecular flexibility index (Phi) is 4.67. The van der Waals surface area contributed by atoms with Gasteiger partial charge in [0.15, 0.2) is 0 Å². The Hall–Kier alpha value is -2.93. The van der Waals surface area contributed by atoms with Gasteiger partial charge >= 0.3 is 0 Å². The summed E-state index contributed by atoms with van der Waals surface area (Å²) < 4.78 is 7.81. The van der Waals surface area contributed by atoms with E-state index in [2.05, 4.69) is 34.1 Å². The molecule has 29 heavy (non-hydrogen) atoms. The van der Waals surface area contributed by atoms with Crippen LogP contribution >= 0.6 is 0 Å². The van der Waals surface area contributed by atoms with Gasteiger partial charge in [-0.3, -0.25) is 9.78 Å². The minimum absolute atomic E-state index is 0.124. The summed E-state index contributed by atoms with van der Waals surface area (Å²) >= 11 is 0. The Morgan fingerprint density at radius 1 is 1.21 bits per heavy atom. The van der Waals surface area contributed by atoms with Crippen molar-refractivity contribution >= 4 is 22.5 Å². The van der Waals surface area contributed by atoms with E-state index in [9.17, 15) is 4.79 Å². The molecule has 2 aliphatic heterocycles. The zero-order valence-electron chi connectivity index (χ0n) is 16.6. The molecule has 2 aliphatic rings. The Morgan fingerprint density at radius 2 is 2.10 bits per heavy atom. The summed E-state index contributed by atoms with van der Waals surface area (Å²) in [6.45, 7) is 5.95. The first-order valence-electron chi connectivity index (χ1n) is 10.1. The van der Waals surface area contributed by atoms with Crippen LogP contribution in [-0.2, 0) is 16.1 Å². The summed E-state index contributed by atoms with van der Waals surface area (Å²) in [6, 6.07) is 10.6. The van der Waals surface area contributed by atoms with Crippen LogP contribution in [0.5, 0.6) is 0 Å². The number of benzene rings is 1.